The first kappa shape index (κ1) is 9.51. The molecular weight excluding hydrogens is 160 g/mol. The molecule has 2 aliphatic rings. The van der Waals surface area contributed by atoms with E-state index in [0.717, 1.165) is 12.8 Å². The van der Waals surface area contributed by atoms with Gasteiger partial charge < -0.3 is 5.11 Å². The number of hydrogen-bond donors (Lipinski definition) is 1. The van der Waals surface area contributed by atoms with E-state index in [2.05, 4.69) is 0 Å². The van der Waals surface area contributed by atoms with Gasteiger partial charge in [-0.05, 0) is 31.6 Å². The van der Waals surface area contributed by atoms with Crippen molar-refractivity contribution in [2.24, 2.45) is 5.92 Å². The molecule has 76 valence electrons. The van der Waals surface area contributed by atoms with E-state index >= 15 is 0 Å². The molecule has 0 radical (unpaired) electrons. The summed E-state index contributed by atoms with van der Waals surface area (Å²) in [5, 5.41) is 10.3. The van der Waals surface area contributed by atoms with Crippen molar-refractivity contribution in [3.8, 4) is 0 Å². The van der Waals surface area contributed by atoms with Gasteiger partial charge in [0.05, 0.1) is 5.60 Å². The fraction of sp³-hybridized carbons (Fsp3) is 1.00. The quantitative estimate of drug-likeness (QED) is 0.609. The second kappa shape index (κ2) is 4.00. The highest BCUT2D eigenvalue weighted by Gasteiger charge is 2.43. The molecule has 0 aromatic carbocycles. The van der Waals surface area contributed by atoms with Crippen LogP contribution in [0, 0.1) is 5.92 Å². The van der Waals surface area contributed by atoms with Gasteiger partial charge in [0.15, 0.2) is 0 Å². The van der Waals surface area contributed by atoms with E-state index in [-0.39, 0.29) is 5.60 Å². The van der Waals surface area contributed by atoms with Gasteiger partial charge in [0.2, 0.25) is 0 Å². The minimum Gasteiger partial charge on any atom is -0.390 e. The van der Waals surface area contributed by atoms with Crippen molar-refractivity contribution < 1.29 is 5.11 Å². The smallest absolute Gasteiger partial charge is 0.0676 e. The molecule has 2 aliphatic carbocycles. The summed E-state index contributed by atoms with van der Waals surface area (Å²) in [5.41, 5.74) is -0.225. The zero-order valence-electron chi connectivity index (χ0n) is 8.60. The fourth-order valence-electron chi connectivity index (χ4n) is 2.95. The molecule has 0 bridgehead atoms. The summed E-state index contributed by atoms with van der Waals surface area (Å²) in [6.45, 7) is 0. The van der Waals surface area contributed by atoms with E-state index in [1.807, 2.05) is 0 Å². The van der Waals surface area contributed by atoms with Crippen LogP contribution in [0.4, 0.5) is 0 Å². The number of rotatable bonds is 0. The van der Waals surface area contributed by atoms with Crippen LogP contribution in [-0.2, 0) is 0 Å². The first-order valence-electron chi connectivity index (χ1n) is 6.04. The summed E-state index contributed by atoms with van der Waals surface area (Å²) >= 11 is 0. The van der Waals surface area contributed by atoms with Gasteiger partial charge in [-0.1, -0.05) is 38.5 Å². The molecule has 1 N–H and O–H groups in total. The number of fused-ring (bicyclic) bond motifs is 1. The summed E-state index contributed by atoms with van der Waals surface area (Å²) in [7, 11) is 0. The summed E-state index contributed by atoms with van der Waals surface area (Å²) in [5.74, 6) is 0.658. The van der Waals surface area contributed by atoms with E-state index in [1.54, 1.807) is 0 Å². The second-order valence-corrected chi connectivity index (χ2v) is 5.00. The summed E-state index contributed by atoms with van der Waals surface area (Å²) in [6.07, 6.45) is 12.9. The molecule has 1 heteroatoms. The largest absolute Gasteiger partial charge is 0.390 e. The highest BCUT2D eigenvalue weighted by Crippen LogP contribution is 2.45. The van der Waals surface area contributed by atoms with Gasteiger partial charge >= 0.3 is 0 Å². The third-order valence-corrected chi connectivity index (χ3v) is 4.10. The number of aliphatic hydroxyl groups is 1. The molecule has 0 saturated heterocycles. The molecule has 0 unspecified atom stereocenters. The van der Waals surface area contributed by atoms with E-state index in [0.29, 0.717) is 5.92 Å². The molecule has 0 amide bonds. The average molecular weight is 182 g/mol. The molecule has 0 aromatic rings. The second-order valence-electron chi connectivity index (χ2n) is 5.00. The van der Waals surface area contributed by atoms with Gasteiger partial charge in [0.1, 0.15) is 0 Å². The van der Waals surface area contributed by atoms with E-state index in [1.165, 1.54) is 51.4 Å². The van der Waals surface area contributed by atoms with Crippen LogP contribution in [0.3, 0.4) is 0 Å². The highest BCUT2D eigenvalue weighted by molar-refractivity contribution is 4.95. The molecule has 1 nitrogen and oxygen atoms in total. The lowest BCUT2D eigenvalue weighted by Crippen LogP contribution is -2.47. The molecule has 2 fully saturated rings. The van der Waals surface area contributed by atoms with Crippen molar-refractivity contribution in [2.75, 3.05) is 0 Å². The van der Waals surface area contributed by atoms with Gasteiger partial charge in [0, 0.05) is 0 Å². The zero-order chi connectivity index (χ0) is 9.15. The minimum absolute atomic E-state index is 0.225. The fourth-order valence-corrected chi connectivity index (χ4v) is 2.95. The SMILES string of the molecule is O[C@]12CCCCCCCC[C@@H]1CC2. The highest BCUT2D eigenvalue weighted by atomic mass is 16.3. The van der Waals surface area contributed by atoms with Crippen LogP contribution in [-0.4, -0.2) is 10.7 Å². The van der Waals surface area contributed by atoms with Gasteiger partial charge in [-0.2, -0.15) is 0 Å². The Morgan fingerprint density at radius 3 is 2.15 bits per heavy atom. The van der Waals surface area contributed by atoms with Gasteiger partial charge in [-0.15, -0.1) is 0 Å². The molecular formula is C12H22O. The lowest BCUT2D eigenvalue weighted by molar-refractivity contribution is -0.106. The van der Waals surface area contributed by atoms with Crippen LogP contribution in [0.5, 0.6) is 0 Å². The van der Waals surface area contributed by atoms with Crippen LogP contribution in [0.2, 0.25) is 0 Å². The standard InChI is InChI=1S/C12H22O/c13-12-9-6-4-2-1-3-5-7-11(12)8-10-12/h11,13H,1-10H2/t11-,12+/m1/s1. The Morgan fingerprint density at radius 2 is 1.46 bits per heavy atom. The first-order valence-corrected chi connectivity index (χ1v) is 6.04. The van der Waals surface area contributed by atoms with Crippen LogP contribution >= 0.6 is 0 Å². The Balaban J connectivity index is 1.87. The summed E-state index contributed by atoms with van der Waals surface area (Å²) in [4.78, 5) is 0. The van der Waals surface area contributed by atoms with E-state index in [9.17, 15) is 5.11 Å². The van der Waals surface area contributed by atoms with Crippen molar-refractivity contribution in [1.82, 2.24) is 0 Å². The lowest BCUT2D eigenvalue weighted by Gasteiger charge is -2.46. The van der Waals surface area contributed by atoms with Crippen LogP contribution in [0.15, 0.2) is 0 Å². The van der Waals surface area contributed by atoms with Gasteiger partial charge in [-0.25, -0.2) is 0 Å². The summed E-state index contributed by atoms with van der Waals surface area (Å²) < 4.78 is 0. The van der Waals surface area contributed by atoms with E-state index in [4.69, 9.17) is 0 Å². The maximum atomic E-state index is 10.3. The average Bonchev–Trinajstić information content (AvgIpc) is 2.12. The molecule has 2 saturated carbocycles. The third kappa shape index (κ3) is 2.07. The predicted octanol–water partition coefficient (Wildman–Crippen LogP) is 3.26. The summed E-state index contributed by atoms with van der Waals surface area (Å²) in [6, 6.07) is 0. The lowest BCUT2D eigenvalue weighted by atomic mass is 9.64. The molecule has 2 atom stereocenters. The van der Waals surface area contributed by atoms with Crippen LogP contribution < -0.4 is 0 Å². The van der Waals surface area contributed by atoms with Gasteiger partial charge in [-0.3, -0.25) is 0 Å². The molecule has 0 spiro atoms. The van der Waals surface area contributed by atoms with Gasteiger partial charge in [0.25, 0.3) is 0 Å². The Morgan fingerprint density at radius 1 is 0.769 bits per heavy atom. The first-order chi connectivity index (χ1) is 6.31. The Bertz CT molecular complexity index is 167. The zero-order valence-corrected chi connectivity index (χ0v) is 8.60. The van der Waals surface area contributed by atoms with Crippen molar-refractivity contribution in [1.29, 1.82) is 0 Å². The Labute approximate surface area is 81.5 Å². The monoisotopic (exact) mass is 182 g/mol. The molecule has 0 aliphatic heterocycles. The maximum absolute atomic E-state index is 10.3. The van der Waals surface area contributed by atoms with Crippen LogP contribution in [0.1, 0.15) is 64.2 Å². The molecule has 0 aromatic heterocycles. The van der Waals surface area contributed by atoms with Crippen molar-refractivity contribution >= 4 is 0 Å². The molecule has 2 rings (SSSR count). The maximum Gasteiger partial charge on any atom is 0.0676 e. The third-order valence-electron chi connectivity index (χ3n) is 4.10. The normalized spacial score (nSPS) is 41.8. The Hall–Kier alpha value is -0.0400. The Kier molecular flexibility index (Phi) is 2.92. The van der Waals surface area contributed by atoms with Crippen LogP contribution in [0.25, 0.3) is 0 Å². The van der Waals surface area contributed by atoms with Crippen molar-refractivity contribution in [2.45, 2.75) is 69.8 Å². The predicted molar refractivity (Wildman–Crippen MR) is 54.6 cm³/mol. The van der Waals surface area contributed by atoms with Crippen molar-refractivity contribution in [3.05, 3.63) is 0 Å². The molecule has 13 heavy (non-hydrogen) atoms. The van der Waals surface area contributed by atoms with E-state index < -0.39 is 0 Å². The molecule has 0 heterocycles. The topological polar surface area (TPSA) is 20.2 Å². The van der Waals surface area contributed by atoms with Crippen molar-refractivity contribution in [3.63, 3.8) is 0 Å². The minimum atomic E-state index is -0.225. The number of hydrogen-bond acceptors (Lipinski definition) is 1.